The zero-order chi connectivity index (χ0) is 13.9. The van der Waals surface area contributed by atoms with Crippen LogP contribution in [0.2, 0.25) is 0 Å². The van der Waals surface area contributed by atoms with E-state index < -0.39 is 0 Å². The maximum absolute atomic E-state index is 5.71. The Balaban J connectivity index is 1.79. The van der Waals surface area contributed by atoms with Crippen molar-refractivity contribution in [2.45, 2.75) is 25.4 Å². The number of ether oxygens (including phenoxy) is 1. The summed E-state index contributed by atoms with van der Waals surface area (Å²) < 4.78 is 6.83. The molecule has 0 saturated heterocycles. The van der Waals surface area contributed by atoms with Gasteiger partial charge in [0.15, 0.2) is 0 Å². The van der Waals surface area contributed by atoms with Gasteiger partial charge in [-0.2, -0.15) is 0 Å². The smallest absolute Gasteiger partial charge is 0.124 e. The van der Waals surface area contributed by atoms with Gasteiger partial charge >= 0.3 is 0 Å². The molecule has 0 bridgehead atoms. The second-order valence-electron chi connectivity index (χ2n) is 5.17. The van der Waals surface area contributed by atoms with Crippen molar-refractivity contribution in [1.82, 2.24) is 5.32 Å². The van der Waals surface area contributed by atoms with E-state index in [0.717, 1.165) is 23.2 Å². The predicted molar refractivity (Wildman–Crippen MR) is 85.0 cm³/mol. The van der Waals surface area contributed by atoms with Crippen molar-refractivity contribution in [2.75, 3.05) is 6.61 Å². The van der Waals surface area contributed by atoms with E-state index in [4.69, 9.17) is 4.74 Å². The number of hydrogen-bond acceptors (Lipinski definition) is 2. The van der Waals surface area contributed by atoms with E-state index in [-0.39, 0.29) is 0 Å². The quantitative estimate of drug-likeness (QED) is 0.885. The normalized spacial score (nSPS) is 19.0. The fraction of sp³-hybridized carbons (Fsp3) is 0.294. The third-order valence-corrected chi connectivity index (χ3v) is 4.25. The van der Waals surface area contributed by atoms with Crippen LogP contribution in [0.4, 0.5) is 0 Å². The summed E-state index contributed by atoms with van der Waals surface area (Å²) in [7, 11) is 0. The molecule has 0 aromatic heterocycles. The summed E-state index contributed by atoms with van der Waals surface area (Å²) in [6.45, 7) is 2.99. The minimum absolute atomic E-state index is 0.309. The number of rotatable bonds is 3. The molecule has 104 valence electrons. The molecule has 1 aliphatic rings. The third-order valence-electron chi connectivity index (χ3n) is 3.76. The standard InChI is InChI=1S/C17H18BrNO/c1-12(13-5-4-6-14(18)11-13)19-16-9-10-20-17-8-3-2-7-15(16)17/h2-8,11-12,16,19H,9-10H2,1H3/t12-,16?/m0/s1. The fourth-order valence-electron chi connectivity index (χ4n) is 2.69. The van der Waals surface area contributed by atoms with E-state index in [1.54, 1.807) is 0 Å². The Morgan fingerprint density at radius 3 is 2.90 bits per heavy atom. The van der Waals surface area contributed by atoms with E-state index in [0.29, 0.717) is 12.1 Å². The molecule has 1 aliphatic heterocycles. The van der Waals surface area contributed by atoms with Crippen molar-refractivity contribution < 1.29 is 4.74 Å². The summed E-state index contributed by atoms with van der Waals surface area (Å²) >= 11 is 3.53. The highest BCUT2D eigenvalue weighted by Gasteiger charge is 2.22. The molecule has 3 heteroatoms. The first kappa shape index (κ1) is 13.7. The van der Waals surface area contributed by atoms with Gasteiger partial charge in [0.25, 0.3) is 0 Å². The second kappa shape index (κ2) is 5.98. The van der Waals surface area contributed by atoms with Crippen LogP contribution in [0.1, 0.15) is 36.6 Å². The molecule has 20 heavy (non-hydrogen) atoms. The molecule has 2 aromatic rings. The van der Waals surface area contributed by atoms with Crippen LogP contribution in [0, 0.1) is 0 Å². The molecular formula is C17H18BrNO. The Morgan fingerprint density at radius 1 is 1.20 bits per heavy atom. The maximum Gasteiger partial charge on any atom is 0.124 e. The lowest BCUT2D eigenvalue weighted by molar-refractivity contribution is 0.246. The summed E-state index contributed by atoms with van der Waals surface area (Å²) in [5.41, 5.74) is 2.56. The molecule has 1 unspecified atom stereocenters. The summed E-state index contributed by atoms with van der Waals surface area (Å²) in [6, 6.07) is 17.4. The van der Waals surface area contributed by atoms with Crippen LogP contribution < -0.4 is 10.1 Å². The average molecular weight is 332 g/mol. The molecule has 2 atom stereocenters. The number of benzene rings is 2. The lowest BCUT2D eigenvalue weighted by atomic mass is 9.98. The van der Waals surface area contributed by atoms with E-state index in [2.05, 4.69) is 64.6 Å². The van der Waals surface area contributed by atoms with Gasteiger partial charge in [0, 0.05) is 28.5 Å². The molecular weight excluding hydrogens is 314 g/mol. The van der Waals surface area contributed by atoms with E-state index in [1.807, 2.05) is 12.1 Å². The molecule has 0 radical (unpaired) electrons. The summed E-state index contributed by atoms with van der Waals surface area (Å²) in [5.74, 6) is 1.01. The highest BCUT2D eigenvalue weighted by molar-refractivity contribution is 9.10. The van der Waals surface area contributed by atoms with Gasteiger partial charge in [-0.05, 0) is 30.7 Å². The molecule has 3 rings (SSSR count). The molecule has 0 saturated carbocycles. The molecule has 0 aliphatic carbocycles. The lowest BCUT2D eigenvalue weighted by Crippen LogP contribution is -2.29. The largest absolute Gasteiger partial charge is 0.493 e. The first-order chi connectivity index (χ1) is 9.74. The molecule has 2 nitrogen and oxygen atoms in total. The van der Waals surface area contributed by atoms with Crippen molar-refractivity contribution in [3.8, 4) is 5.75 Å². The molecule has 0 amide bonds. The van der Waals surface area contributed by atoms with Crippen LogP contribution in [-0.2, 0) is 0 Å². The maximum atomic E-state index is 5.71. The number of fused-ring (bicyclic) bond motifs is 1. The number of halogens is 1. The minimum atomic E-state index is 0.309. The van der Waals surface area contributed by atoms with E-state index in [1.165, 1.54) is 11.1 Å². The minimum Gasteiger partial charge on any atom is -0.493 e. The van der Waals surface area contributed by atoms with Crippen molar-refractivity contribution in [2.24, 2.45) is 0 Å². The van der Waals surface area contributed by atoms with Crippen molar-refractivity contribution in [3.05, 3.63) is 64.1 Å². The summed E-state index contributed by atoms with van der Waals surface area (Å²) in [4.78, 5) is 0. The van der Waals surface area contributed by atoms with Gasteiger partial charge in [-0.25, -0.2) is 0 Å². The van der Waals surface area contributed by atoms with Crippen LogP contribution in [0.15, 0.2) is 53.0 Å². The Hall–Kier alpha value is -1.32. The van der Waals surface area contributed by atoms with Crippen LogP contribution in [0.3, 0.4) is 0 Å². The highest BCUT2D eigenvalue weighted by atomic mass is 79.9. The van der Waals surface area contributed by atoms with Gasteiger partial charge in [-0.15, -0.1) is 0 Å². The molecule has 0 spiro atoms. The van der Waals surface area contributed by atoms with Crippen molar-refractivity contribution in [1.29, 1.82) is 0 Å². The predicted octanol–water partition coefficient (Wildman–Crippen LogP) is 4.62. The van der Waals surface area contributed by atoms with Gasteiger partial charge in [0.1, 0.15) is 5.75 Å². The monoisotopic (exact) mass is 331 g/mol. The van der Waals surface area contributed by atoms with Gasteiger partial charge in [0.2, 0.25) is 0 Å². The van der Waals surface area contributed by atoms with Gasteiger partial charge < -0.3 is 10.1 Å². The van der Waals surface area contributed by atoms with Crippen LogP contribution in [0.25, 0.3) is 0 Å². The van der Waals surface area contributed by atoms with Crippen molar-refractivity contribution in [3.63, 3.8) is 0 Å². The molecule has 1 heterocycles. The Morgan fingerprint density at radius 2 is 2.05 bits per heavy atom. The van der Waals surface area contributed by atoms with Crippen LogP contribution in [0.5, 0.6) is 5.75 Å². The highest BCUT2D eigenvalue weighted by Crippen LogP contribution is 2.33. The van der Waals surface area contributed by atoms with Gasteiger partial charge in [-0.1, -0.05) is 46.3 Å². The van der Waals surface area contributed by atoms with Crippen molar-refractivity contribution >= 4 is 15.9 Å². The number of para-hydroxylation sites is 1. The Labute approximate surface area is 128 Å². The second-order valence-corrected chi connectivity index (χ2v) is 6.09. The molecule has 0 fully saturated rings. The summed E-state index contributed by atoms with van der Waals surface area (Å²) in [5, 5.41) is 3.72. The third kappa shape index (κ3) is 2.89. The SMILES string of the molecule is C[C@H](NC1CCOc2ccccc21)c1cccc(Br)c1. The van der Waals surface area contributed by atoms with E-state index >= 15 is 0 Å². The first-order valence-corrected chi connectivity index (χ1v) is 7.76. The van der Waals surface area contributed by atoms with E-state index in [9.17, 15) is 0 Å². The fourth-order valence-corrected chi connectivity index (χ4v) is 3.11. The topological polar surface area (TPSA) is 21.3 Å². The average Bonchev–Trinajstić information content (AvgIpc) is 2.47. The Bertz CT molecular complexity index is 599. The van der Waals surface area contributed by atoms with Crippen LogP contribution >= 0.6 is 15.9 Å². The molecule has 1 N–H and O–H groups in total. The zero-order valence-electron chi connectivity index (χ0n) is 11.5. The van der Waals surface area contributed by atoms with Gasteiger partial charge in [-0.3, -0.25) is 0 Å². The zero-order valence-corrected chi connectivity index (χ0v) is 13.1. The Kier molecular flexibility index (Phi) is 4.08. The van der Waals surface area contributed by atoms with Crippen LogP contribution in [-0.4, -0.2) is 6.61 Å². The number of nitrogens with one attached hydrogen (secondary N) is 1. The lowest BCUT2D eigenvalue weighted by Gasteiger charge is -2.29. The summed E-state index contributed by atoms with van der Waals surface area (Å²) in [6.07, 6.45) is 1.01. The number of hydrogen-bond donors (Lipinski definition) is 1. The van der Waals surface area contributed by atoms with Gasteiger partial charge in [0.05, 0.1) is 6.61 Å². The molecule has 2 aromatic carbocycles. The first-order valence-electron chi connectivity index (χ1n) is 6.97.